The van der Waals surface area contributed by atoms with Crippen molar-refractivity contribution in [2.45, 2.75) is 62.9 Å². The summed E-state index contributed by atoms with van der Waals surface area (Å²) < 4.78 is 22.9. The normalized spacial score (nSPS) is 25.5. The van der Waals surface area contributed by atoms with Gasteiger partial charge in [0.2, 0.25) is 18.6 Å². The Morgan fingerprint density at radius 2 is 1.81 bits per heavy atom. The average Bonchev–Trinajstić information content (AvgIpc) is 3.42. The van der Waals surface area contributed by atoms with Gasteiger partial charge in [-0.1, -0.05) is 6.07 Å². The fourth-order valence-electron chi connectivity index (χ4n) is 5.29. The van der Waals surface area contributed by atoms with Gasteiger partial charge >= 0.3 is 0 Å². The smallest absolute Gasteiger partial charge is 0.231 e. The highest BCUT2D eigenvalue weighted by Crippen LogP contribution is 2.47. The lowest BCUT2D eigenvalue weighted by molar-refractivity contribution is -0.142. The quantitative estimate of drug-likeness (QED) is 0.517. The Morgan fingerprint density at radius 3 is 2.64 bits per heavy atom. The maximum atomic E-state index is 12.7. The predicted molar refractivity (Wildman–Crippen MR) is 129 cm³/mol. The van der Waals surface area contributed by atoms with Gasteiger partial charge in [-0.25, -0.2) is 0 Å². The van der Waals surface area contributed by atoms with Crippen LogP contribution < -0.4 is 24.8 Å². The van der Waals surface area contributed by atoms with Gasteiger partial charge in [0.05, 0.1) is 19.1 Å². The number of benzene rings is 2. The summed E-state index contributed by atoms with van der Waals surface area (Å²) in [5.41, 5.74) is 2.64. The zero-order valence-electron chi connectivity index (χ0n) is 19.9. The molecule has 0 unspecified atom stereocenters. The molecule has 3 heterocycles. The van der Waals surface area contributed by atoms with Gasteiger partial charge in [-0.3, -0.25) is 9.59 Å². The second kappa shape index (κ2) is 9.63. The Morgan fingerprint density at radius 1 is 0.972 bits per heavy atom. The number of ether oxygens (including phenoxy) is 4. The molecule has 190 valence electrons. The van der Waals surface area contributed by atoms with E-state index in [9.17, 15) is 14.7 Å². The van der Waals surface area contributed by atoms with E-state index < -0.39 is 6.10 Å². The first-order chi connectivity index (χ1) is 17.6. The number of hydrogen-bond acceptors (Lipinski definition) is 7. The van der Waals surface area contributed by atoms with Crippen LogP contribution in [0.4, 0.5) is 5.69 Å². The van der Waals surface area contributed by atoms with Crippen LogP contribution in [0.25, 0.3) is 0 Å². The first-order valence-corrected chi connectivity index (χ1v) is 12.6. The number of carbonyl (C=O) groups is 2. The van der Waals surface area contributed by atoms with E-state index in [1.54, 1.807) is 0 Å². The minimum Gasteiger partial charge on any atom is -0.487 e. The first-order valence-electron chi connectivity index (χ1n) is 12.6. The second-order valence-electron chi connectivity index (χ2n) is 10.0. The highest BCUT2D eigenvalue weighted by atomic mass is 16.7. The molecule has 2 fully saturated rings. The number of amides is 2. The van der Waals surface area contributed by atoms with Crippen LogP contribution in [0.15, 0.2) is 36.4 Å². The summed E-state index contributed by atoms with van der Waals surface area (Å²) in [6.07, 6.45) is 2.37. The van der Waals surface area contributed by atoms with Crippen molar-refractivity contribution >= 4 is 17.5 Å². The molecule has 0 aromatic heterocycles. The van der Waals surface area contributed by atoms with Crippen LogP contribution in [0, 0.1) is 5.92 Å². The number of nitrogens with one attached hydrogen (secondary N) is 2. The standard InChI is InChI=1S/C27H30N2O7/c30-13-24-27-20(19-9-17(4-6-21(19)36-27)29-26(32)8-15-1-2-15)10-18(35-24)11-25(31)28-12-16-3-5-22-23(7-16)34-14-33-22/h3-7,9,15,18,20,24,27,30H,1-2,8,10-14H2,(H,28,31)(H,29,32)/t18-,20-,24-,27+/m0/s1. The van der Waals surface area contributed by atoms with E-state index in [1.165, 1.54) is 0 Å². The zero-order valence-corrected chi connectivity index (χ0v) is 19.9. The zero-order chi connectivity index (χ0) is 24.6. The fourth-order valence-corrected chi connectivity index (χ4v) is 5.29. The van der Waals surface area contributed by atoms with Crippen molar-refractivity contribution in [1.82, 2.24) is 5.32 Å². The summed E-state index contributed by atoms with van der Waals surface area (Å²) in [4.78, 5) is 25.0. The van der Waals surface area contributed by atoms with Gasteiger partial charge in [0.1, 0.15) is 18.0 Å². The Bertz CT molecular complexity index is 1160. The van der Waals surface area contributed by atoms with E-state index in [0.717, 1.165) is 35.4 Å². The van der Waals surface area contributed by atoms with Crippen molar-refractivity contribution in [1.29, 1.82) is 0 Å². The Balaban J connectivity index is 1.09. The van der Waals surface area contributed by atoms with Crippen molar-refractivity contribution in [3.05, 3.63) is 47.5 Å². The average molecular weight is 495 g/mol. The van der Waals surface area contributed by atoms with E-state index in [-0.39, 0.29) is 49.8 Å². The second-order valence-corrected chi connectivity index (χ2v) is 10.0. The van der Waals surface area contributed by atoms with E-state index in [4.69, 9.17) is 18.9 Å². The number of aliphatic hydroxyl groups excluding tert-OH is 1. The largest absolute Gasteiger partial charge is 0.487 e. The number of fused-ring (bicyclic) bond motifs is 4. The monoisotopic (exact) mass is 494 g/mol. The minimum atomic E-state index is -0.532. The van der Waals surface area contributed by atoms with Gasteiger partial charge in [0.15, 0.2) is 11.5 Å². The summed E-state index contributed by atoms with van der Waals surface area (Å²) in [6.45, 7) is 0.377. The van der Waals surface area contributed by atoms with Crippen LogP contribution in [0.1, 0.15) is 49.1 Å². The molecule has 1 saturated heterocycles. The SMILES string of the molecule is O=C(C[C@@H]1C[C@H]2c3cc(NC(=O)CC4CC4)ccc3O[C@H]2[C@H](CO)O1)NCc1ccc2c(c1)OCO2. The van der Waals surface area contributed by atoms with Crippen molar-refractivity contribution in [2.24, 2.45) is 5.92 Å². The molecule has 3 aliphatic heterocycles. The summed E-state index contributed by atoms with van der Waals surface area (Å²) >= 11 is 0. The number of rotatable bonds is 8. The van der Waals surface area contributed by atoms with Crippen LogP contribution in [0.5, 0.6) is 17.2 Å². The van der Waals surface area contributed by atoms with E-state index in [1.807, 2.05) is 36.4 Å². The molecule has 0 radical (unpaired) electrons. The third-order valence-electron chi connectivity index (χ3n) is 7.29. The van der Waals surface area contributed by atoms with Crippen LogP contribution in [-0.2, 0) is 20.9 Å². The lowest BCUT2D eigenvalue weighted by Gasteiger charge is -2.37. The molecule has 4 atom stereocenters. The predicted octanol–water partition coefficient (Wildman–Crippen LogP) is 2.85. The van der Waals surface area contributed by atoms with Gasteiger partial charge in [-0.05, 0) is 61.1 Å². The summed E-state index contributed by atoms with van der Waals surface area (Å²) in [7, 11) is 0. The van der Waals surface area contributed by atoms with Crippen molar-refractivity contribution in [2.75, 3.05) is 18.7 Å². The molecule has 2 aromatic carbocycles. The molecule has 0 bridgehead atoms. The summed E-state index contributed by atoms with van der Waals surface area (Å²) in [6, 6.07) is 11.3. The molecule has 36 heavy (non-hydrogen) atoms. The van der Waals surface area contributed by atoms with E-state index >= 15 is 0 Å². The van der Waals surface area contributed by atoms with Crippen molar-refractivity contribution in [3.63, 3.8) is 0 Å². The van der Waals surface area contributed by atoms with Crippen LogP contribution in [-0.4, -0.2) is 48.6 Å². The minimum absolute atomic E-state index is 0.0298. The number of hydrogen-bond donors (Lipinski definition) is 3. The number of aliphatic hydroxyl groups is 1. The van der Waals surface area contributed by atoms with Gasteiger partial charge in [-0.15, -0.1) is 0 Å². The molecule has 4 aliphatic rings. The Kier molecular flexibility index (Phi) is 6.18. The maximum absolute atomic E-state index is 12.7. The van der Waals surface area contributed by atoms with Crippen LogP contribution in [0.2, 0.25) is 0 Å². The number of anilines is 1. The number of carbonyl (C=O) groups excluding carboxylic acids is 2. The van der Waals surface area contributed by atoms with E-state index in [0.29, 0.717) is 36.8 Å². The summed E-state index contributed by atoms with van der Waals surface area (Å²) in [5.74, 6) is 2.51. The molecule has 3 N–H and O–H groups in total. The Hall–Kier alpha value is -3.30. The Labute approximate surface area is 209 Å². The maximum Gasteiger partial charge on any atom is 0.231 e. The molecule has 2 aromatic rings. The molecule has 0 spiro atoms. The molecule has 1 aliphatic carbocycles. The third-order valence-corrected chi connectivity index (χ3v) is 7.29. The highest BCUT2D eigenvalue weighted by Gasteiger charge is 2.46. The van der Waals surface area contributed by atoms with Crippen LogP contribution >= 0.6 is 0 Å². The van der Waals surface area contributed by atoms with E-state index in [2.05, 4.69) is 10.6 Å². The molecule has 6 rings (SSSR count). The highest BCUT2D eigenvalue weighted by molar-refractivity contribution is 5.91. The lowest BCUT2D eigenvalue weighted by atomic mass is 9.84. The first kappa shape index (κ1) is 23.1. The molecular formula is C27H30N2O7. The van der Waals surface area contributed by atoms with Crippen molar-refractivity contribution in [3.8, 4) is 17.2 Å². The molecule has 2 amide bonds. The van der Waals surface area contributed by atoms with Gasteiger partial charge in [-0.2, -0.15) is 0 Å². The van der Waals surface area contributed by atoms with Crippen molar-refractivity contribution < 1.29 is 33.6 Å². The molecular weight excluding hydrogens is 464 g/mol. The third kappa shape index (κ3) is 4.85. The van der Waals surface area contributed by atoms with Gasteiger partial charge in [0, 0.05) is 30.1 Å². The molecule has 9 nitrogen and oxygen atoms in total. The summed E-state index contributed by atoms with van der Waals surface area (Å²) in [5, 5.41) is 15.9. The lowest BCUT2D eigenvalue weighted by Crippen LogP contribution is -2.47. The van der Waals surface area contributed by atoms with Gasteiger partial charge < -0.3 is 34.7 Å². The molecule has 1 saturated carbocycles. The van der Waals surface area contributed by atoms with Gasteiger partial charge in [0.25, 0.3) is 0 Å². The van der Waals surface area contributed by atoms with Crippen LogP contribution in [0.3, 0.4) is 0 Å². The topological polar surface area (TPSA) is 115 Å². The molecule has 9 heteroatoms. The fraction of sp³-hybridized carbons (Fsp3) is 0.481.